The third-order valence-corrected chi connectivity index (χ3v) is 11.9. The van der Waals surface area contributed by atoms with E-state index < -0.39 is 15.9 Å². The van der Waals surface area contributed by atoms with Gasteiger partial charge in [0, 0.05) is 65.1 Å². The van der Waals surface area contributed by atoms with Gasteiger partial charge in [-0.15, -0.1) is 11.3 Å². The Morgan fingerprint density at radius 1 is 1.17 bits per heavy atom. The number of anilines is 2. The fourth-order valence-electron chi connectivity index (χ4n) is 5.89. The maximum atomic E-state index is 13.7. The molecule has 2 amide bonds. The Bertz CT molecular complexity index is 1800. The topological polar surface area (TPSA) is 96.0 Å². The SMILES string of the molecule is COCCCN1C(=O)c2cccc3c(NC(=O)C4CCCN(S(=O)(=O)c5sc6ccc(Cl)cc6c5C)C4)ccc1c23. The van der Waals surface area contributed by atoms with Crippen LogP contribution in [0.2, 0.25) is 5.02 Å². The van der Waals surface area contributed by atoms with Gasteiger partial charge in [-0.1, -0.05) is 23.7 Å². The Hall–Kier alpha value is -3.02. The zero-order valence-electron chi connectivity index (χ0n) is 22.8. The minimum absolute atomic E-state index is 0.0582. The first-order valence-corrected chi connectivity index (χ1v) is 16.2. The fourth-order valence-corrected chi connectivity index (χ4v) is 9.46. The van der Waals surface area contributed by atoms with Crippen molar-refractivity contribution in [3.63, 3.8) is 0 Å². The van der Waals surface area contributed by atoms with Crippen molar-refractivity contribution >= 4 is 77.0 Å². The van der Waals surface area contributed by atoms with Crippen LogP contribution in [0.5, 0.6) is 0 Å². The second-order valence-electron chi connectivity index (χ2n) is 10.5. The minimum atomic E-state index is -3.79. The summed E-state index contributed by atoms with van der Waals surface area (Å²) >= 11 is 7.39. The average Bonchev–Trinajstić information content (AvgIpc) is 3.45. The average molecular weight is 612 g/mol. The highest BCUT2D eigenvalue weighted by molar-refractivity contribution is 7.91. The van der Waals surface area contributed by atoms with Crippen LogP contribution < -0.4 is 10.2 Å². The summed E-state index contributed by atoms with van der Waals surface area (Å²) in [6.45, 7) is 3.37. The normalized spacial score (nSPS) is 17.6. The highest BCUT2D eigenvalue weighted by atomic mass is 35.5. The number of rotatable bonds is 8. The van der Waals surface area contributed by atoms with E-state index in [0.717, 1.165) is 26.5 Å². The van der Waals surface area contributed by atoms with E-state index in [0.29, 0.717) is 65.0 Å². The van der Waals surface area contributed by atoms with Crippen molar-refractivity contribution in [2.45, 2.75) is 30.4 Å². The lowest BCUT2D eigenvalue weighted by Crippen LogP contribution is -2.43. The van der Waals surface area contributed by atoms with E-state index in [4.69, 9.17) is 16.3 Å². The van der Waals surface area contributed by atoms with Crippen molar-refractivity contribution in [1.82, 2.24) is 4.31 Å². The molecule has 0 spiro atoms. The van der Waals surface area contributed by atoms with Crippen molar-refractivity contribution in [2.24, 2.45) is 5.92 Å². The second kappa shape index (κ2) is 11.0. The summed E-state index contributed by atoms with van der Waals surface area (Å²) in [6.07, 6.45) is 1.89. The zero-order chi connectivity index (χ0) is 28.9. The van der Waals surface area contributed by atoms with Crippen molar-refractivity contribution in [1.29, 1.82) is 0 Å². The van der Waals surface area contributed by atoms with Gasteiger partial charge in [-0.2, -0.15) is 4.31 Å². The maximum Gasteiger partial charge on any atom is 0.258 e. The van der Waals surface area contributed by atoms with Gasteiger partial charge in [0.25, 0.3) is 15.9 Å². The maximum absolute atomic E-state index is 13.7. The number of carbonyl (C=O) groups is 2. The molecular formula is C30H30ClN3O5S2. The van der Waals surface area contributed by atoms with Gasteiger partial charge in [0.15, 0.2) is 0 Å². The van der Waals surface area contributed by atoms with Gasteiger partial charge in [0.1, 0.15) is 4.21 Å². The number of aryl methyl sites for hydroxylation is 1. The molecule has 1 atom stereocenters. The van der Waals surface area contributed by atoms with E-state index in [2.05, 4.69) is 5.32 Å². The number of piperidine rings is 1. The number of amides is 2. The van der Waals surface area contributed by atoms with Crippen LogP contribution in [-0.4, -0.2) is 57.9 Å². The molecule has 1 unspecified atom stereocenters. The van der Waals surface area contributed by atoms with Crippen molar-refractivity contribution < 1.29 is 22.7 Å². The Morgan fingerprint density at radius 3 is 2.80 bits per heavy atom. The predicted octanol–water partition coefficient (Wildman–Crippen LogP) is 6.05. The lowest BCUT2D eigenvalue weighted by atomic mass is 9.98. The van der Waals surface area contributed by atoms with Gasteiger partial charge >= 0.3 is 0 Å². The summed E-state index contributed by atoms with van der Waals surface area (Å²) in [5.41, 5.74) is 2.72. The quantitative estimate of drug-likeness (QED) is 0.245. The first-order valence-electron chi connectivity index (χ1n) is 13.6. The molecule has 1 saturated heterocycles. The molecule has 3 heterocycles. The molecule has 2 aliphatic heterocycles. The van der Waals surface area contributed by atoms with E-state index in [9.17, 15) is 18.0 Å². The molecule has 2 aliphatic rings. The molecule has 4 aromatic rings. The standard InChI is InChI=1S/C30H30ClN3O5S2/c1-18-23-16-20(31)9-12-26(23)40-30(18)41(37,38)33-13-4-6-19(17-33)28(35)32-24-10-11-25-27-21(24)7-3-8-22(27)29(36)34(25)14-5-15-39-2/h3,7-12,16,19H,4-6,13-15,17H2,1-2H3,(H,32,35). The van der Waals surface area contributed by atoms with Crippen LogP contribution in [0.4, 0.5) is 11.4 Å². The summed E-state index contributed by atoms with van der Waals surface area (Å²) < 4.78 is 35.2. The number of nitrogens with zero attached hydrogens (tertiary/aromatic N) is 2. The van der Waals surface area contributed by atoms with E-state index in [1.165, 1.54) is 15.6 Å². The number of nitrogens with one attached hydrogen (secondary N) is 1. The molecule has 1 aromatic heterocycles. The van der Waals surface area contributed by atoms with Gasteiger partial charge in [-0.05, 0) is 73.5 Å². The van der Waals surface area contributed by atoms with Crippen molar-refractivity contribution in [2.75, 3.05) is 43.6 Å². The number of sulfonamides is 1. The number of hydrogen-bond donors (Lipinski definition) is 1. The fraction of sp³-hybridized carbons (Fsp3) is 0.333. The molecule has 0 bridgehead atoms. The van der Waals surface area contributed by atoms with Crippen LogP contribution >= 0.6 is 22.9 Å². The van der Waals surface area contributed by atoms with Gasteiger partial charge in [0.2, 0.25) is 5.91 Å². The number of benzene rings is 3. The van der Waals surface area contributed by atoms with E-state index in [-0.39, 0.29) is 18.4 Å². The lowest BCUT2D eigenvalue weighted by molar-refractivity contribution is -0.120. The number of halogens is 1. The number of hydrogen-bond acceptors (Lipinski definition) is 6. The Morgan fingerprint density at radius 2 is 2.00 bits per heavy atom. The second-order valence-corrected chi connectivity index (χ2v) is 14.1. The van der Waals surface area contributed by atoms with Crippen LogP contribution in [0.3, 0.4) is 0 Å². The summed E-state index contributed by atoms with van der Waals surface area (Å²) in [5.74, 6) is -0.790. The molecule has 214 valence electrons. The predicted molar refractivity (Wildman–Crippen MR) is 164 cm³/mol. The number of thiophene rings is 1. The number of carbonyl (C=O) groups excluding carboxylic acids is 2. The molecule has 6 rings (SSSR count). The van der Waals surface area contributed by atoms with Crippen LogP contribution in [-0.2, 0) is 19.6 Å². The lowest BCUT2D eigenvalue weighted by Gasteiger charge is -2.31. The largest absolute Gasteiger partial charge is 0.385 e. The first-order chi connectivity index (χ1) is 19.7. The molecule has 3 aromatic carbocycles. The number of fused-ring (bicyclic) bond motifs is 1. The van der Waals surface area contributed by atoms with Crippen LogP contribution in [0.1, 0.15) is 35.2 Å². The van der Waals surface area contributed by atoms with Gasteiger partial charge in [-0.3, -0.25) is 9.59 Å². The zero-order valence-corrected chi connectivity index (χ0v) is 25.2. The van der Waals surface area contributed by atoms with Gasteiger partial charge in [-0.25, -0.2) is 8.42 Å². The summed E-state index contributed by atoms with van der Waals surface area (Å²) in [5, 5.41) is 6.04. The van der Waals surface area contributed by atoms with E-state index in [1.807, 2.05) is 36.4 Å². The van der Waals surface area contributed by atoms with Crippen molar-refractivity contribution in [3.05, 3.63) is 64.7 Å². The molecule has 41 heavy (non-hydrogen) atoms. The van der Waals surface area contributed by atoms with E-state index in [1.54, 1.807) is 31.1 Å². The molecule has 1 N–H and O–H groups in total. The molecule has 0 radical (unpaired) electrons. The highest BCUT2D eigenvalue weighted by Gasteiger charge is 2.36. The molecule has 11 heteroatoms. The summed E-state index contributed by atoms with van der Waals surface area (Å²) in [6, 6.07) is 14.6. The van der Waals surface area contributed by atoms with Crippen LogP contribution in [0.15, 0.2) is 52.7 Å². The molecular weight excluding hydrogens is 582 g/mol. The molecule has 1 fully saturated rings. The summed E-state index contributed by atoms with van der Waals surface area (Å²) in [7, 11) is -2.15. The molecule has 0 aliphatic carbocycles. The highest BCUT2D eigenvalue weighted by Crippen LogP contribution is 2.41. The Kier molecular flexibility index (Phi) is 7.54. The Balaban J connectivity index is 1.23. The van der Waals surface area contributed by atoms with E-state index >= 15 is 0 Å². The molecule has 8 nitrogen and oxygen atoms in total. The third-order valence-electron chi connectivity index (χ3n) is 7.96. The smallest absolute Gasteiger partial charge is 0.258 e. The minimum Gasteiger partial charge on any atom is -0.385 e. The van der Waals surface area contributed by atoms with Crippen LogP contribution in [0, 0.1) is 12.8 Å². The summed E-state index contributed by atoms with van der Waals surface area (Å²) in [4.78, 5) is 28.4. The number of ether oxygens (including phenoxy) is 1. The van der Waals surface area contributed by atoms with Gasteiger partial charge < -0.3 is 15.0 Å². The molecule has 0 saturated carbocycles. The number of methoxy groups -OCH3 is 1. The Labute approximate surface area is 247 Å². The monoisotopic (exact) mass is 611 g/mol. The third kappa shape index (κ3) is 4.91. The van der Waals surface area contributed by atoms with Crippen molar-refractivity contribution in [3.8, 4) is 0 Å². The van der Waals surface area contributed by atoms with Crippen LogP contribution in [0.25, 0.3) is 20.9 Å². The first kappa shape index (κ1) is 28.1. The van der Waals surface area contributed by atoms with Gasteiger partial charge in [0.05, 0.1) is 11.6 Å².